The number of halogens is 1. The highest BCUT2D eigenvalue weighted by Gasteiger charge is 2.19. The lowest BCUT2D eigenvalue weighted by Crippen LogP contribution is -2.38. The van der Waals surface area contributed by atoms with Crippen LogP contribution in [0.15, 0.2) is 24.3 Å². The Bertz CT molecular complexity index is 474. The second-order valence-corrected chi connectivity index (χ2v) is 6.69. The second kappa shape index (κ2) is 7.57. The summed E-state index contributed by atoms with van der Waals surface area (Å²) < 4.78 is 39.1. The van der Waals surface area contributed by atoms with Gasteiger partial charge in [-0.1, -0.05) is 19.1 Å². The van der Waals surface area contributed by atoms with Crippen molar-refractivity contribution in [3.05, 3.63) is 35.6 Å². The lowest BCUT2D eigenvalue weighted by atomic mass is 10.2. The monoisotopic (exact) mass is 288 g/mol. The average Bonchev–Trinajstić information content (AvgIpc) is 2.38. The largest absolute Gasteiger partial charge is 0.315 e. The number of benzene rings is 1. The van der Waals surface area contributed by atoms with Crippen molar-refractivity contribution in [1.29, 1.82) is 0 Å². The molecule has 1 unspecified atom stereocenters. The Kier molecular flexibility index (Phi) is 6.41. The van der Waals surface area contributed by atoms with Gasteiger partial charge < -0.3 is 5.32 Å². The molecule has 0 bridgehead atoms. The van der Waals surface area contributed by atoms with Gasteiger partial charge in [0.05, 0.1) is 5.25 Å². The highest BCUT2D eigenvalue weighted by atomic mass is 32.2. The first-order valence-corrected chi connectivity index (χ1v) is 7.94. The minimum absolute atomic E-state index is 0.181. The molecule has 0 radical (unpaired) electrons. The summed E-state index contributed by atoms with van der Waals surface area (Å²) in [5.74, 6) is -0.330. The van der Waals surface area contributed by atoms with Crippen LogP contribution >= 0.6 is 0 Å². The van der Waals surface area contributed by atoms with E-state index < -0.39 is 15.3 Å². The van der Waals surface area contributed by atoms with Crippen molar-refractivity contribution in [3.63, 3.8) is 0 Å². The molecule has 0 spiro atoms. The van der Waals surface area contributed by atoms with Crippen LogP contribution < -0.4 is 10.0 Å². The summed E-state index contributed by atoms with van der Waals surface area (Å²) in [6.45, 7) is 5.10. The van der Waals surface area contributed by atoms with Crippen molar-refractivity contribution < 1.29 is 12.8 Å². The topological polar surface area (TPSA) is 58.2 Å². The van der Waals surface area contributed by atoms with Gasteiger partial charge in [0.1, 0.15) is 5.82 Å². The highest BCUT2D eigenvalue weighted by Crippen LogP contribution is 2.04. The van der Waals surface area contributed by atoms with E-state index in [1.54, 1.807) is 19.1 Å². The Hall–Kier alpha value is -0.980. The first-order chi connectivity index (χ1) is 8.95. The molecule has 19 heavy (non-hydrogen) atoms. The molecule has 0 aliphatic heterocycles. The van der Waals surface area contributed by atoms with Gasteiger partial charge in [-0.05, 0) is 37.6 Å². The Morgan fingerprint density at radius 3 is 2.47 bits per heavy atom. The fourth-order valence-electron chi connectivity index (χ4n) is 1.52. The van der Waals surface area contributed by atoms with Crippen LogP contribution in [0.4, 0.5) is 4.39 Å². The summed E-state index contributed by atoms with van der Waals surface area (Å²) in [5.41, 5.74) is 0.735. The van der Waals surface area contributed by atoms with E-state index >= 15 is 0 Å². The van der Waals surface area contributed by atoms with Gasteiger partial charge in [0.25, 0.3) is 0 Å². The molecule has 0 aliphatic carbocycles. The van der Waals surface area contributed by atoms with E-state index in [2.05, 4.69) is 10.0 Å². The second-order valence-electron chi connectivity index (χ2n) is 4.51. The molecular formula is C13H21FN2O2S. The van der Waals surface area contributed by atoms with E-state index in [-0.39, 0.29) is 12.4 Å². The van der Waals surface area contributed by atoms with Crippen LogP contribution in [0, 0.1) is 5.82 Å². The number of sulfonamides is 1. The van der Waals surface area contributed by atoms with Crippen molar-refractivity contribution in [2.75, 3.05) is 13.1 Å². The van der Waals surface area contributed by atoms with E-state index in [1.165, 1.54) is 12.1 Å². The van der Waals surface area contributed by atoms with Crippen molar-refractivity contribution in [3.8, 4) is 0 Å². The molecule has 1 aromatic carbocycles. The van der Waals surface area contributed by atoms with Gasteiger partial charge in [-0.15, -0.1) is 0 Å². The Labute approximate surface area is 114 Å². The zero-order valence-corrected chi connectivity index (χ0v) is 12.1. The molecule has 4 nitrogen and oxygen atoms in total. The van der Waals surface area contributed by atoms with Gasteiger partial charge in [0.2, 0.25) is 10.0 Å². The molecule has 1 atom stereocenters. The number of rotatable bonds is 8. The summed E-state index contributed by atoms with van der Waals surface area (Å²) in [6.07, 6.45) is 0.968. The standard InChI is InChI=1S/C13H21FN2O2S/c1-3-8-15-9-11(2)19(17,18)16-10-12-4-6-13(14)7-5-12/h4-7,11,15-16H,3,8-10H2,1-2H3. The Morgan fingerprint density at radius 2 is 1.89 bits per heavy atom. The molecule has 0 aliphatic rings. The molecule has 0 heterocycles. The minimum Gasteiger partial charge on any atom is -0.315 e. The molecule has 0 amide bonds. The van der Waals surface area contributed by atoms with Crippen molar-refractivity contribution in [2.24, 2.45) is 0 Å². The van der Waals surface area contributed by atoms with E-state index in [4.69, 9.17) is 0 Å². The van der Waals surface area contributed by atoms with Gasteiger partial charge >= 0.3 is 0 Å². The number of hydrogen-bond donors (Lipinski definition) is 2. The van der Waals surface area contributed by atoms with E-state index in [0.29, 0.717) is 6.54 Å². The molecule has 108 valence electrons. The molecule has 2 N–H and O–H groups in total. The molecule has 0 fully saturated rings. The van der Waals surface area contributed by atoms with Crippen molar-refractivity contribution in [1.82, 2.24) is 10.0 Å². The zero-order chi connectivity index (χ0) is 14.3. The highest BCUT2D eigenvalue weighted by molar-refractivity contribution is 7.90. The minimum atomic E-state index is -3.36. The average molecular weight is 288 g/mol. The normalized spacial score (nSPS) is 13.4. The maximum absolute atomic E-state index is 12.7. The number of nitrogens with one attached hydrogen (secondary N) is 2. The first kappa shape index (κ1) is 16.1. The van der Waals surface area contributed by atoms with Crippen LogP contribution in [0.5, 0.6) is 0 Å². The maximum atomic E-state index is 12.7. The van der Waals surface area contributed by atoms with Gasteiger partial charge in [-0.2, -0.15) is 0 Å². The van der Waals surface area contributed by atoms with Crippen LogP contribution in [-0.4, -0.2) is 26.8 Å². The van der Waals surface area contributed by atoms with Gasteiger partial charge in [-0.3, -0.25) is 0 Å². The molecule has 6 heteroatoms. The fraction of sp³-hybridized carbons (Fsp3) is 0.538. The van der Waals surface area contributed by atoms with Crippen LogP contribution in [0.25, 0.3) is 0 Å². The van der Waals surface area contributed by atoms with Crippen LogP contribution in [0.2, 0.25) is 0 Å². The SMILES string of the molecule is CCCNCC(C)S(=O)(=O)NCc1ccc(F)cc1. The van der Waals surface area contributed by atoms with Crippen LogP contribution in [-0.2, 0) is 16.6 Å². The third kappa shape index (κ3) is 5.67. The molecular weight excluding hydrogens is 267 g/mol. The Balaban J connectivity index is 2.47. The summed E-state index contributed by atoms with van der Waals surface area (Å²) in [6, 6.07) is 5.77. The number of hydrogen-bond acceptors (Lipinski definition) is 3. The molecule has 0 saturated carbocycles. The van der Waals surface area contributed by atoms with Gasteiger partial charge in [-0.25, -0.2) is 17.5 Å². The summed E-state index contributed by atoms with van der Waals surface area (Å²) >= 11 is 0. The quantitative estimate of drug-likeness (QED) is 0.715. The predicted octanol–water partition coefficient (Wildman–Crippen LogP) is 1.63. The van der Waals surface area contributed by atoms with Crippen LogP contribution in [0.3, 0.4) is 0 Å². The summed E-state index contributed by atoms with van der Waals surface area (Å²) in [7, 11) is -3.36. The van der Waals surface area contributed by atoms with Gasteiger partial charge in [0, 0.05) is 13.1 Å². The van der Waals surface area contributed by atoms with Crippen LogP contribution in [0.1, 0.15) is 25.8 Å². The summed E-state index contributed by atoms with van der Waals surface area (Å²) in [4.78, 5) is 0. The molecule has 1 aromatic rings. The first-order valence-electron chi connectivity index (χ1n) is 6.39. The molecule has 0 aromatic heterocycles. The van der Waals surface area contributed by atoms with E-state index in [9.17, 15) is 12.8 Å². The third-order valence-corrected chi connectivity index (χ3v) is 4.55. The predicted molar refractivity (Wildman–Crippen MR) is 74.8 cm³/mol. The van der Waals surface area contributed by atoms with Gasteiger partial charge in [0.15, 0.2) is 0 Å². The van der Waals surface area contributed by atoms with Crippen molar-refractivity contribution in [2.45, 2.75) is 32.1 Å². The molecule has 1 rings (SSSR count). The fourth-order valence-corrected chi connectivity index (χ4v) is 2.51. The third-order valence-electron chi connectivity index (χ3n) is 2.78. The summed E-state index contributed by atoms with van der Waals surface area (Å²) in [5, 5.41) is 2.58. The smallest absolute Gasteiger partial charge is 0.215 e. The van der Waals surface area contributed by atoms with Crippen molar-refractivity contribution >= 4 is 10.0 Å². The molecule has 0 saturated heterocycles. The van der Waals surface area contributed by atoms with E-state index in [0.717, 1.165) is 18.5 Å². The lowest BCUT2D eigenvalue weighted by Gasteiger charge is -2.14. The van der Waals surface area contributed by atoms with E-state index in [1.807, 2.05) is 6.92 Å². The Morgan fingerprint density at radius 1 is 1.26 bits per heavy atom. The zero-order valence-electron chi connectivity index (χ0n) is 11.3. The lowest BCUT2D eigenvalue weighted by molar-refractivity contribution is 0.556. The maximum Gasteiger partial charge on any atom is 0.215 e.